The van der Waals surface area contributed by atoms with E-state index < -0.39 is 51.1 Å². The predicted molar refractivity (Wildman–Crippen MR) is 203 cm³/mol. The van der Waals surface area contributed by atoms with E-state index in [1.54, 1.807) is 0 Å². The molecule has 0 radical (unpaired) electrons. The van der Waals surface area contributed by atoms with Crippen molar-refractivity contribution in [2.24, 2.45) is 5.73 Å². The van der Waals surface area contributed by atoms with Crippen LogP contribution in [0.5, 0.6) is 0 Å². The number of nitrogens with two attached hydrogens (primary N) is 1. The number of hydrogen-bond donors (Lipinski definition) is 3. The van der Waals surface area contributed by atoms with Crippen LogP contribution in [0.3, 0.4) is 0 Å². The second-order valence-corrected chi connectivity index (χ2v) is 15.2. The van der Waals surface area contributed by atoms with Gasteiger partial charge in [-0.25, -0.2) is 4.57 Å². The van der Waals surface area contributed by atoms with Crippen LogP contribution in [0.2, 0.25) is 0 Å². The molecule has 0 aromatic carbocycles. The molecule has 11 nitrogen and oxygen atoms in total. The van der Waals surface area contributed by atoms with Gasteiger partial charge in [-0.15, -0.1) is 0 Å². The quantitative estimate of drug-likeness (QED) is 0.0237. The summed E-state index contributed by atoms with van der Waals surface area (Å²) >= 11 is 0. The number of carboxylic acids is 1. The molecule has 1 unspecified atom stereocenters. The molecule has 0 rings (SSSR count). The highest BCUT2D eigenvalue weighted by atomic mass is 31.2. The molecule has 0 spiro atoms. The average molecular weight is 748 g/mol. The zero-order valence-corrected chi connectivity index (χ0v) is 33.1. The predicted octanol–water partition coefficient (Wildman–Crippen LogP) is 10.1. The Hall–Kier alpha value is -1.78. The maximum Gasteiger partial charge on any atom is 0.472 e. The van der Waals surface area contributed by atoms with Gasteiger partial charge in [0.05, 0.1) is 13.2 Å². The van der Waals surface area contributed by atoms with E-state index in [4.69, 9.17) is 24.8 Å². The third-order valence-corrected chi connectivity index (χ3v) is 9.71. The lowest BCUT2D eigenvalue weighted by atomic mass is 10.0. The number of phosphoric acid groups is 1. The van der Waals surface area contributed by atoms with Crippen LogP contribution in [0.1, 0.15) is 187 Å². The van der Waals surface area contributed by atoms with Gasteiger partial charge in [0.1, 0.15) is 12.6 Å². The lowest BCUT2D eigenvalue weighted by molar-refractivity contribution is -0.161. The summed E-state index contributed by atoms with van der Waals surface area (Å²) in [6.07, 6.45) is 32.7. The number of allylic oxidation sites excluding steroid dienone is 2. The number of phosphoric ester groups is 1. The van der Waals surface area contributed by atoms with Crippen LogP contribution in [-0.4, -0.2) is 59.9 Å². The van der Waals surface area contributed by atoms with Crippen LogP contribution in [-0.2, 0) is 37.5 Å². The summed E-state index contributed by atoms with van der Waals surface area (Å²) in [5.41, 5.74) is 5.32. The molecule has 0 saturated carbocycles. The molecule has 0 heterocycles. The minimum atomic E-state index is -4.71. The summed E-state index contributed by atoms with van der Waals surface area (Å²) in [6.45, 7) is 2.78. The number of rotatable bonds is 38. The number of unbranched alkanes of at least 4 members (excludes halogenated alkanes) is 22. The smallest absolute Gasteiger partial charge is 0.472 e. The van der Waals surface area contributed by atoms with E-state index in [2.05, 4.69) is 30.5 Å². The van der Waals surface area contributed by atoms with Gasteiger partial charge in [0, 0.05) is 12.8 Å². The molecule has 0 aromatic rings. The van der Waals surface area contributed by atoms with Crippen LogP contribution in [0.25, 0.3) is 0 Å². The molecule has 0 aliphatic carbocycles. The van der Waals surface area contributed by atoms with Crippen LogP contribution in [0, 0.1) is 0 Å². The third kappa shape index (κ3) is 35.0. The zero-order chi connectivity index (χ0) is 37.8. The highest BCUT2D eigenvalue weighted by Crippen LogP contribution is 2.43. The zero-order valence-electron chi connectivity index (χ0n) is 32.2. The standard InChI is InChI=1S/C39H74NO10P/c1-3-5-7-9-11-13-15-17-18-19-21-23-25-27-29-31-38(42)50-35(33-48-51(45,46)49-34-36(40)39(43)44)32-47-37(41)30-28-26-24-22-20-16-14-12-10-8-6-4-2/h13,15,35-36H,3-12,14,16-34,40H2,1-2H3,(H,43,44)(H,45,46)/b15-13-/t35-,36+/m1/s1. The molecule has 0 amide bonds. The van der Waals surface area contributed by atoms with Gasteiger partial charge in [0.25, 0.3) is 0 Å². The van der Waals surface area contributed by atoms with Gasteiger partial charge in [-0.3, -0.25) is 23.4 Å². The lowest BCUT2D eigenvalue weighted by Crippen LogP contribution is -2.34. The molecule has 0 fully saturated rings. The summed E-state index contributed by atoms with van der Waals surface area (Å²) in [7, 11) is -4.71. The van der Waals surface area contributed by atoms with E-state index in [-0.39, 0.29) is 19.4 Å². The minimum absolute atomic E-state index is 0.160. The molecule has 12 heteroatoms. The Balaban J connectivity index is 4.40. The number of aliphatic carboxylic acids is 1. The van der Waals surface area contributed by atoms with Crippen molar-refractivity contribution in [2.75, 3.05) is 19.8 Å². The van der Waals surface area contributed by atoms with Gasteiger partial charge >= 0.3 is 25.7 Å². The largest absolute Gasteiger partial charge is 0.480 e. The van der Waals surface area contributed by atoms with E-state index in [0.29, 0.717) is 12.8 Å². The highest BCUT2D eigenvalue weighted by molar-refractivity contribution is 7.47. The Bertz CT molecular complexity index is 932. The molecular weight excluding hydrogens is 673 g/mol. The van der Waals surface area contributed by atoms with Crippen molar-refractivity contribution in [1.29, 1.82) is 0 Å². The number of carbonyl (C=O) groups excluding carboxylic acids is 2. The summed E-state index contributed by atoms with van der Waals surface area (Å²) in [5.74, 6) is -2.38. The molecule has 0 aliphatic rings. The van der Waals surface area contributed by atoms with Gasteiger partial charge in [0.15, 0.2) is 6.10 Å². The van der Waals surface area contributed by atoms with Gasteiger partial charge in [0.2, 0.25) is 0 Å². The average Bonchev–Trinajstić information content (AvgIpc) is 3.10. The molecule has 0 aliphatic heterocycles. The molecule has 0 aromatic heterocycles. The van der Waals surface area contributed by atoms with Crippen LogP contribution >= 0.6 is 7.82 Å². The Labute approximate surface area is 309 Å². The molecule has 51 heavy (non-hydrogen) atoms. The SMILES string of the molecule is CCCCCC/C=C\CCCCCCCCCC(=O)O[C@H](COC(=O)CCCCCCCCCCCCCC)COP(=O)(O)OC[C@H](N)C(=O)O. The van der Waals surface area contributed by atoms with Crippen molar-refractivity contribution in [3.8, 4) is 0 Å². The number of hydrogen-bond acceptors (Lipinski definition) is 9. The van der Waals surface area contributed by atoms with E-state index in [1.807, 2.05) is 0 Å². The summed E-state index contributed by atoms with van der Waals surface area (Å²) in [5, 5.41) is 8.86. The molecule has 3 atom stereocenters. The van der Waals surface area contributed by atoms with Crippen LogP contribution in [0.15, 0.2) is 12.2 Å². The fourth-order valence-electron chi connectivity index (χ4n) is 5.53. The van der Waals surface area contributed by atoms with E-state index in [0.717, 1.165) is 44.9 Å². The summed E-state index contributed by atoms with van der Waals surface area (Å²) in [6, 6.07) is -1.52. The van der Waals surface area contributed by atoms with E-state index in [9.17, 15) is 23.8 Å². The topological polar surface area (TPSA) is 172 Å². The number of carbonyl (C=O) groups is 3. The maximum atomic E-state index is 12.6. The summed E-state index contributed by atoms with van der Waals surface area (Å²) < 4.78 is 32.6. The molecular formula is C39H74NO10P. The molecule has 300 valence electrons. The highest BCUT2D eigenvalue weighted by Gasteiger charge is 2.28. The fraction of sp³-hybridized carbons (Fsp3) is 0.872. The third-order valence-electron chi connectivity index (χ3n) is 8.76. The second kappa shape index (κ2) is 35.3. The normalized spacial score (nSPS) is 14.0. The van der Waals surface area contributed by atoms with Gasteiger partial charge in [-0.1, -0.05) is 148 Å². The maximum absolute atomic E-state index is 12.6. The van der Waals surface area contributed by atoms with E-state index in [1.165, 1.54) is 103 Å². The minimum Gasteiger partial charge on any atom is -0.480 e. The lowest BCUT2D eigenvalue weighted by Gasteiger charge is -2.20. The molecule has 0 bridgehead atoms. The van der Waals surface area contributed by atoms with Crippen molar-refractivity contribution < 1.29 is 47.5 Å². The molecule has 0 saturated heterocycles. The van der Waals surface area contributed by atoms with Crippen molar-refractivity contribution in [1.82, 2.24) is 0 Å². The van der Waals surface area contributed by atoms with Crippen LogP contribution < -0.4 is 5.73 Å². The first-order chi connectivity index (χ1) is 24.6. The first-order valence-electron chi connectivity index (χ1n) is 20.2. The van der Waals surface area contributed by atoms with Crippen molar-refractivity contribution in [3.63, 3.8) is 0 Å². The van der Waals surface area contributed by atoms with Crippen molar-refractivity contribution in [2.45, 2.75) is 199 Å². The Morgan fingerprint density at radius 2 is 0.980 bits per heavy atom. The monoisotopic (exact) mass is 748 g/mol. The van der Waals surface area contributed by atoms with Gasteiger partial charge in [-0.2, -0.15) is 0 Å². The second-order valence-electron chi connectivity index (χ2n) is 13.8. The first kappa shape index (κ1) is 49.2. The van der Waals surface area contributed by atoms with Gasteiger partial charge in [-0.05, 0) is 38.5 Å². The number of carboxylic acid groups (broad SMARTS) is 1. The van der Waals surface area contributed by atoms with Crippen molar-refractivity contribution >= 4 is 25.7 Å². The number of esters is 2. The molecule has 4 N–H and O–H groups in total. The number of ether oxygens (including phenoxy) is 2. The van der Waals surface area contributed by atoms with Gasteiger partial charge < -0.3 is 25.2 Å². The Morgan fingerprint density at radius 3 is 1.45 bits per heavy atom. The fourth-order valence-corrected chi connectivity index (χ4v) is 6.31. The Kier molecular flexibility index (Phi) is 34.0. The van der Waals surface area contributed by atoms with Crippen LogP contribution in [0.4, 0.5) is 0 Å². The Morgan fingerprint density at radius 1 is 0.588 bits per heavy atom. The van der Waals surface area contributed by atoms with Crippen molar-refractivity contribution in [3.05, 3.63) is 12.2 Å². The first-order valence-corrected chi connectivity index (χ1v) is 21.7. The van der Waals surface area contributed by atoms with E-state index >= 15 is 0 Å². The summed E-state index contributed by atoms with van der Waals surface area (Å²) in [4.78, 5) is 45.8.